The maximum Gasteiger partial charge on any atom is 0.251 e. The van der Waals surface area contributed by atoms with E-state index < -0.39 is 11.9 Å². The van der Waals surface area contributed by atoms with Gasteiger partial charge in [0.15, 0.2) is 0 Å². The van der Waals surface area contributed by atoms with Crippen LogP contribution in [0.3, 0.4) is 0 Å². The van der Waals surface area contributed by atoms with Gasteiger partial charge < -0.3 is 16.4 Å². The van der Waals surface area contributed by atoms with E-state index in [2.05, 4.69) is 26.6 Å². The highest BCUT2D eigenvalue weighted by molar-refractivity contribution is 9.10. The van der Waals surface area contributed by atoms with Crippen molar-refractivity contribution in [2.75, 3.05) is 10.6 Å². The van der Waals surface area contributed by atoms with E-state index in [0.717, 1.165) is 21.4 Å². The molecule has 0 aromatic heterocycles. The van der Waals surface area contributed by atoms with E-state index in [-0.39, 0.29) is 5.91 Å². The second-order valence-electron chi connectivity index (χ2n) is 4.74. The Morgan fingerprint density at radius 3 is 2.57 bits per heavy atom. The van der Waals surface area contributed by atoms with Crippen LogP contribution < -0.4 is 16.4 Å². The summed E-state index contributed by atoms with van der Waals surface area (Å²) in [5.41, 5.74) is 8.06. The van der Waals surface area contributed by atoms with Crippen LogP contribution in [0, 0.1) is 0 Å². The first-order valence-electron chi connectivity index (χ1n) is 6.31. The standard InChI is InChI=1S/C15H12BrN3O2/c16-9-3-6-12-11(7-9)13(15(21)19-12)18-10-4-1-8(2-5-10)14(17)20/h1-7,13,18H,(H2,17,20)(H,19,21). The molecule has 3 rings (SSSR count). The zero-order valence-electron chi connectivity index (χ0n) is 10.9. The Labute approximate surface area is 129 Å². The van der Waals surface area contributed by atoms with Crippen molar-refractivity contribution >= 4 is 39.1 Å². The van der Waals surface area contributed by atoms with E-state index in [1.165, 1.54) is 0 Å². The highest BCUT2D eigenvalue weighted by atomic mass is 79.9. The van der Waals surface area contributed by atoms with Gasteiger partial charge in [-0.3, -0.25) is 9.59 Å². The molecule has 0 fully saturated rings. The number of halogens is 1. The topological polar surface area (TPSA) is 84.2 Å². The van der Waals surface area contributed by atoms with Crippen molar-refractivity contribution in [3.63, 3.8) is 0 Å². The predicted molar refractivity (Wildman–Crippen MR) is 84.1 cm³/mol. The van der Waals surface area contributed by atoms with E-state index in [1.807, 2.05) is 18.2 Å². The van der Waals surface area contributed by atoms with Gasteiger partial charge in [-0.1, -0.05) is 15.9 Å². The molecule has 4 N–H and O–H groups in total. The lowest BCUT2D eigenvalue weighted by atomic mass is 10.1. The number of nitrogens with two attached hydrogens (primary N) is 1. The summed E-state index contributed by atoms with van der Waals surface area (Å²) in [6.45, 7) is 0. The SMILES string of the molecule is NC(=O)c1ccc(NC2C(=O)Nc3ccc(Br)cc32)cc1. The van der Waals surface area contributed by atoms with Gasteiger partial charge in [0.1, 0.15) is 6.04 Å². The lowest BCUT2D eigenvalue weighted by Gasteiger charge is -2.13. The minimum Gasteiger partial charge on any atom is -0.370 e. The minimum atomic E-state index is -0.477. The van der Waals surface area contributed by atoms with Crippen molar-refractivity contribution in [2.24, 2.45) is 5.73 Å². The second-order valence-corrected chi connectivity index (χ2v) is 5.66. The Hall–Kier alpha value is -2.34. The number of fused-ring (bicyclic) bond motifs is 1. The summed E-state index contributed by atoms with van der Waals surface area (Å²) in [6.07, 6.45) is 0. The van der Waals surface area contributed by atoms with Crippen LogP contribution in [-0.2, 0) is 4.79 Å². The number of primary amides is 1. The zero-order chi connectivity index (χ0) is 15.0. The molecular formula is C15H12BrN3O2. The van der Waals surface area contributed by atoms with Gasteiger partial charge in [-0.05, 0) is 42.5 Å². The highest BCUT2D eigenvalue weighted by Crippen LogP contribution is 2.35. The van der Waals surface area contributed by atoms with Gasteiger partial charge in [0.05, 0.1) is 0 Å². The summed E-state index contributed by atoms with van der Waals surface area (Å²) >= 11 is 3.40. The molecule has 6 heteroatoms. The molecule has 1 aliphatic rings. The summed E-state index contributed by atoms with van der Waals surface area (Å²) in [4.78, 5) is 23.1. The molecule has 21 heavy (non-hydrogen) atoms. The number of amides is 2. The van der Waals surface area contributed by atoms with E-state index in [4.69, 9.17) is 5.73 Å². The first-order valence-corrected chi connectivity index (χ1v) is 7.10. The van der Waals surface area contributed by atoms with Gasteiger partial charge in [-0.25, -0.2) is 0 Å². The van der Waals surface area contributed by atoms with Gasteiger partial charge in [0.25, 0.3) is 5.91 Å². The fourth-order valence-electron chi connectivity index (χ4n) is 2.27. The summed E-state index contributed by atoms with van der Waals surface area (Å²) in [7, 11) is 0. The number of rotatable bonds is 3. The Balaban J connectivity index is 1.87. The average molecular weight is 346 g/mol. The van der Waals surface area contributed by atoms with Crippen LogP contribution in [0.25, 0.3) is 0 Å². The summed E-state index contributed by atoms with van der Waals surface area (Å²) in [6, 6.07) is 11.9. The Morgan fingerprint density at radius 1 is 1.19 bits per heavy atom. The fourth-order valence-corrected chi connectivity index (χ4v) is 2.65. The molecule has 2 aromatic rings. The molecule has 106 valence electrons. The number of hydrogen-bond acceptors (Lipinski definition) is 3. The van der Waals surface area contributed by atoms with Gasteiger partial charge in [0, 0.05) is 27.0 Å². The molecule has 0 bridgehead atoms. The maximum absolute atomic E-state index is 12.1. The molecular weight excluding hydrogens is 334 g/mol. The number of anilines is 2. The Kier molecular flexibility index (Phi) is 3.39. The Morgan fingerprint density at radius 2 is 1.90 bits per heavy atom. The predicted octanol–water partition coefficient (Wildman–Crippen LogP) is 2.65. The lowest BCUT2D eigenvalue weighted by Crippen LogP contribution is -2.19. The quantitative estimate of drug-likeness (QED) is 0.799. The van der Waals surface area contributed by atoms with Crippen LogP contribution in [-0.4, -0.2) is 11.8 Å². The van der Waals surface area contributed by atoms with Crippen LogP contribution in [0.5, 0.6) is 0 Å². The molecule has 0 spiro atoms. The fraction of sp³-hybridized carbons (Fsp3) is 0.0667. The first kappa shape index (κ1) is 13.6. The number of carbonyl (C=O) groups is 2. The first-order chi connectivity index (χ1) is 10.0. The molecule has 1 heterocycles. The van der Waals surface area contributed by atoms with Crippen LogP contribution in [0.15, 0.2) is 46.9 Å². The van der Waals surface area contributed by atoms with Gasteiger partial charge >= 0.3 is 0 Å². The third-order valence-electron chi connectivity index (χ3n) is 3.33. The number of carbonyl (C=O) groups excluding carboxylic acids is 2. The van der Waals surface area contributed by atoms with Gasteiger partial charge in [-0.15, -0.1) is 0 Å². The van der Waals surface area contributed by atoms with Crippen molar-refractivity contribution in [2.45, 2.75) is 6.04 Å². The largest absolute Gasteiger partial charge is 0.370 e. The molecule has 0 radical (unpaired) electrons. The number of hydrogen-bond donors (Lipinski definition) is 3. The third kappa shape index (κ3) is 2.62. The molecule has 1 atom stereocenters. The smallest absolute Gasteiger partial charge is 0.251 e. The van der Waals surface area contributed by atoms with Crippen LogP contribution in [0.2, 0.25) is 0 Å². The van der Waals surface area contributed by atoms with E-state index >= 15 is 0 Å². The summed E-state index contributed by atoms with van der Waals surface area (Å²) in [5.74, 6) is -0.587. The van der Waals surface area contributed by atoms with Crippen molar-refractivity contribution in [1.29, 1.82) is 0 Å². The zero-order valence-corrected chi connectivity index (χ0v) is 12.5. The van der Waals surface area contributed by atoms with E-state index in [0.29, 0.717) is 5.56 Å². The van der Waals surface area contributed by atoms with Crippen LogP contribution >= 0.6 is 15.9 Å². The molecule has 0 saturated carbocycles. The van der Waals surface area contributed by atoms with Crippen molar-refractivity contribution in [3.05, 3.63) is 58.1 Å². The summed E-state index contributed by atoms with van der Waals surface area (Å²) < 4.78 is 0.911. The van der Waals surface area contributed by atoms with Crippen LogP contribution in [0.1, 0.15) is 22.0 Å². The van der Waals surface area contributed by atoms with Gasteiger partial charge in [0.2, 0.25) is 5.91 Å². The molecule has 1 aliphatic heterocycles. The molecule has 0 aliphatic carbocycles. The number of benzene rings is 2. The minimum absolute atomic E-state index is 0.109. The normalized spacial score (nSPS) is 16.2. The number of nitrogens with one attached hydrogen (secondary N) is 2. The second kappa shape index (κ2) is 5.21. The highest BCUT2D eigenvalue weighted by Gasteiger charge is 2.30. The average Bonchev–Trinajstić information content (AvgIpc) is 2.76. The monoisotopic (exact) mass is 345 g/mol. The maximum atomic E-state index is 12.1. The molecule has 0 saturated heterocycles. The van der Waals surface area contributed by atoms with Gasteiger partial charge in [-0.2, -0.15) is 0 Å². The van der Waals surface area contributed by atoms with Crippen molar-refractivity contribution in [3.8, 4) is 0 Å². The van der Waals surface area contributed by atoms with E-state index in [9.17, 15) is 9.59 Å². The molecule has 1 unspecified atom stereocenters. The van der Waals surface area contributed by atoms with E-state index in [1.54, 1.807) is 24.3 Å². The van der Waals surface area contributed by atoms with Crippen LogP contribution in [0.4, 0.5) is 11.4 Å². The molecule has 5 nitrogen and oxygen atoms in total. The lowest BCUT2D eigenvalue weighted by molar-refractivity contribution is -0.116. The van der Waals surface area contributed by atoms with Crippen molar-refractivity contribution in [1.82, 2.24) is 0 Å². The third-order valence-corrected chi connectivity index (χ3v) is 3.82. The molecule has 2 aromatic carbocycles. The summed E-state index contributed by atoms with van der Waals surface area (Å²) in [5, 5.41) is 5.98. The van der Waals surface area contributed by atoms with Crippen molar-refractivity contribution < 1.29 is 9.59 Å². The Bertz CT molecular complexity index is 728. The molecule has 2 amide bonds.